The molecule has 2 aromatic rings. The Hall–Kier alpha value is -1.58. The Kier molecular flexibility index (Phi) is 4.13. The van der Waals surface area contributed by atoms with Crippen LogP contribution in [-0.4, -0.2) is 11.0 Å². The molecule has 3 rings (SSSR count). The Morgan fingerprint density at radius 3 is 2.86 bits per heavy atom. The number of rotatable bonds is 2. The van der Waals surface area contributed by atoms with E-state index in [2.05, 4.69) is 11.1 Å². The standard InChI is InChI=1S/C16H13Cl2NO2/c17-12-8-9-14(18)19-15(12)16(20)21-13-7-3-5-10-4-1-2-6-11(10)13/h1-2,4,6,8-9,13H,3,5,7H2. The monoisotopic (exact) mass is 321 g/mol. The third-order valence-corrected chi connectivity index (χ3v) is 4.08. The van der Waals surface area contributed by atoms with E-state index in [0.717, 1.165) is 24.8 Å². The summed E-state index contributed by atoms with van der Waals surface area (Å²) in [5.74, 6) is -0.538. The highest BCUT2D eigenvalue weighted by Crippen LogP contribution is 2.33. The number of carbonyl (C=O) groups excluding carboxylic acids is 1. The molecular weight excluding hydrogens is 309 g/mol. The molecule has 21 heavy (non-hydrogen) atoms. The molecule has 0 aliphatic heterocycles. The van der Waals surface area contributed by atoms with E-state index in [1.807, 2.05) is 18.2 Å². The summed E-state index contributed by atoms with van der Waals surface area (Å²) >= 11 is 11.8. The van der Waals surface area contributed by atoms with E-state index in [1.165, 1.54) is 11.6 Å². The largest absolute Gasteiger partial charge is 0.453 e. The third kappa shape index (κ3) is 3.04. The average molecular weight is 322 g/mol. The van der Waals surface area contributed by atoms with Gasteiger partial charge in [0.05, 0.1) is 5.02 Å². The summed E-state index contributed by atoms with van der Waals surface area (Å²) in [6, 6.07) is 11.1. The van der Waals surface area contributed by atoms with E-state index in [0.29, 0.717) is 0 Å². The predicted octanol–water partition coefficient (Wildman–Crippen LogP) is 4.62. The number of aryl methyl sites for hydroxylation is 1. The summed E-state index contributed by atoms with van der Waals surface area (Å²) in [6.07, 6.45) is 2.56. The molecule has 0 saturated carbocycles. The molecular formula is C16H13Cl2NO2. The van der Waals surface area contributed by atoms with Gasteiger partial charge in [0.25, 0.3) is 0 Å². The van der Waals surface area contributed by atoms with E-state index in [1.54, 1.807) is 6.07 Å². The summed E-state index contributed by atoms with van der Waals surface area (Å²) in [5.41, 5.74) is 2.36. The Balaban J connectivity index is 1.84. The number of aromatic nitrogens is 1. The zero-order valence-electron chi connectivity index (χ0n) is 11.2. The van der Waals surface area contributed by atoms with Gasteiger partial charge in [0, 0.05) is 0 Å². The molecule has 1 atom stereocenters. The number of esters is 1. The van der Waals surface area contributed by atoms with Crippen molar-refractivity contribution in [3.05, 3.63) is 63.4 Å². The van der Waals surface area contributed by atoms with Gasteiger partial charge in [-0.15, -0.1) is 0 Å². The molecule has 1 unspecified atom stereocenters. The molecule has 108 valence electrons. The van der Waals surface area contributed by atoms with Gasteiger partial charge in [0.1, 0.15) is 11.3 Å². The van der Waals surface area contributed by atoms with Gasteiger partial charge in [-0.1, -0.05) is 47.5 Å². The van der Waals surface area contributed by atoms with Crippen LogP contribution < -0.4 is 0 Å². The fraction of sp³-hybridized carbons (Fsp3) is 0.250. The van der Waals surface area contributed by atoms with Crippen molar-refractivity contribution < 1.29 is 9.53 Å². The first-order valence-corrected chi connectivity index (χ1v) is 7.51. The summed E-state index contributed by atoms with van der Waals surface area (Å²) in [5, 5.41) is 0.462. The maximum atomic E-state index is 12.3. The first kappa shape index (κ1) is 14.4. The number of fused-ring (bicyclic) bond motifs is 1. The molecule has 1 heterocycles. The van der Waals surface area contributed by atoms with Crippen LogP contribution in [0.15, 0.2) is 36.4 Å². The van der Waals surface area contributed by atoms with Gasteiger partial charge < -0.3 is 4.74 Å². The maximum absolute atomic E-state index is 12.3. The molecule has 0 saturated heterocycles. The Morgan fingerprint density at radius 2 is 2.00 bits per heavy atom. The van der Waals surface area contributed by atoms with Crippen molar-refractivity contribution in [2.75, 3.05) is 0 Å². The van der Waals surface area contributed by atoms with Crippen molar-refractivity contribution in [1.29, 1.82) is 0 Å². The maximum Gasteiger partial charge on any atom is 0.359 e. The number of ether oxygens (including phenoxy) is 1. The number of benzene rings is 1. The van der Waals surface area contributed by atoms with Crippen LogP contribution in [0.3, 0.4) is 0 Å². The predicted molar refractivity (Wildman–Crippen MR) is 81.8 cm³/mol. The van der Waals surface area contributed by atoms with Crippen molar-refractivity contribution in [2.45, 2.75) is 25.4 Å². The molecule has 5 heteroatoms. The summed E-state index contributed by atoms with van der Waals surface area (Å²) < 4.78 is 5.60. The van der Waals surface area contributed by atoms with Gasteiger partial charge in [-0.25, -0.2) is 9.78 Å². The number of hydrogen-bond donors (Lipinski definition) is 0. The van der Waals surface area contributed by atoms with Crippen LogP contribution in [0, 0.1) is 0 Å². The lowest BCUT2D eigenvalue weighted by Crippen LogP contribution is -2.18. The summed E-state index contributed by atoms with van der Waals surface area (Å²) in [6.45, 7) is 0. The smallest absolute Gasteiger partial charge is 0.359 e. The fourth-order valence-corrected chi connectivity index (χ4v) is 2.91. The van der Waals surface area contributed by atoms with E-state index >= 15 is 0 Å². The fourth-order valence-electron chi connectivity index (χ4n) is 2.58. The number of pyridine rings is 1. The molecule has 0 spiro atoms. The van der Waals surface area contributed by atoms with Gasteiger partial charge in [-0.05, 0) is 42.5 Å². The number of hydrogen-bond acceptors (Lipinski definition) is 3. The number of nitrogens with zero attached hydrogens (tertiary/aromatic N) is 1. The van der Waals surface area contributed by atoms with E-state index in [-0.39, 0.29) is 22.0 Å². The second kappa shape index (κ2) is 6.04. The lowest BCUT2D eigenvalue weighted by molar-refractivity contribution is 0.0250. The van der Waals surface area contributed by atoms with E-state index in [9.17, 15) is 4.79 Å². The average Bonchev–Trinajstić information content (AvgIpc) is 2.50. The van der Waals surface area contributed by atoms with Crippen LogP contribution in [0.4, 0.5) is 0 Å². The first-order chi connectivity index (χ1) is 10.1. The molecule has 1 aliphatic rings. The highest BCUT2D eigenvalue weighted by molar-refractivity contribution is 6.34. The number of carbonyl (C=O) groups is 1. The van der Waals surface area contributed by atoms with Gasteiger partial charge >= 0.3 is 5.97 Å². The topological polar surface area (TPSA) is 39.2 Å². The summed E-state index contributed by atoms with van der Waals surface area (Å²) in [4.78, 5) is 16.2. The Labute approximate surface area is 132 Å². The SMILES string of the molecule is O=C(OC1CCCc2ccccc21)c1nc(Cl)ccc1Cl. The van der Waals surface area contributed by atoms with Gasteiger partial charge in [-0.3, -0.25) is 0 Å². The van der Waals surface area contributed by atoms with E-state index in [4.69, 9.17) is 27.9 Å². The highest BCUT2D eigenvalue weighted by atomic mass is 35.5. The minimum atomic E-state index is -0.538. The molecule has 3 nitrogen and oxygen atoms in total. The van der Waals surface area contributed by atoms with E-state index < -0.39 is 5.97 Å². The van der Waals surface area contributed by atoms with Gasteiger partial charge in [0.2, 0.25) is 0 Å². The van der Waals surface area contributed by atoms with Crippen molar-refractivity contribution in [2.24, 2.45) is 0 Å². The second-order valence-corrected chi connectivity index (χ2v) is 5.74. The molecule has 1 aromatic carbocycles. The van der Waals surface area contributed by atoms with Crippen LogP contribution in [0.1, 0.15) is 40.6 Å². The summed E-state index contributed by atoms with van der Waals surface area (Å²) in [7, 11) is 0. The van der Waals surface area contributed by atoms with Gasteiger partial charge in [-0.2, -0.15) is 0 Å². The van der Waals surface area contributed by atoms with Crippen molar-refractivity contribution in [3.63, 3.8) is 0 Å². The van der Waals surface area contributed by atoms with Crippen molar-refractivity contribution in [3.8, 4) is 0 Å². The third-order valence-electron chi connectivity index (χ3n) is 3.57. The number of halogens is 2. The van der Waals surface area contributed by atoms with Crippen LogP contribution in [0.2, 0.25) is 10.2 Å². The first-order valence-electron chi connectivity index (χ1n) is 6.76. The quantitative estimate of drug-likeness (QED) is 0.598. The molecule has 0 radical (unpaired) electrons. The Morgan fingerprint density at radius 1 is 1.19 bits per heavy atom. The highest BCUT2D eigenvalue weighted by Gasteiger charge is 2.25. The van der Waals surface area contributed by atoms with Gasteiger partial charge in [0.15, 0.2) is 5.69 Å². The van der Waals surface area contributed by atoms with Crippen molar-refractivity contribution in [1.82, 2.24) is 4.98 Å². The van der Waals surface area contributed by atoms with Crippen LogP contribution in [-0.2, 0) is 11.2 Å². The zero-order valence-corrected chi connectivity index (χ0v) is 12.7. The molecule has 0 fully saturated rings. The van der Waals surface area contributed by atoms with Crippen molar-refractivity contribution >= 4 is 29.2 Å². The molecule has 0 bridgehead atoms. The normalized spacial score (nSPS) is 17.1. The van der Waals surface area contributed by atoms with Crippen LogP contribution >= 0.6 is 23.2 Å². The lowest BCUT2D eigenvalue weighted by atomic mass is 9.89. The second-order valence-electron chi connectivity index (χ2n) is 4.95. The van der Waals surface area contributed by atoms with Crippen LogP contribution in [0.25, 0.3) is 0 Å². The minimum absolute atomic E-state index is 0.0622. The molecule has 1 aromatic heterocycles. The minimum Gasteiger partial charge on any atom is -0.453 e. The zero-order chi connectivity index (χ0) is 14.8. The van der Waals surface area contributed by atoms with Crippen LogP contribution in [0.5, 0.6) is 0 Å². The lowest BCUT2D eigenvalue weighted by Gasteiger charge is -2.25. The molecule has 1 aliphatic carbocycles. The Bertz CT molecular complexity index is 688. The molecule has 0 N–H and O–H groups in total. The molecule has 0 amide bonds.